The number of carbonyl (C=O) groups is 1. The van der Waals surface area contributed by atoms with Crippen LogP contribution < -0.4 is 10.2 Å². The molecule has 0 aromatic heterocycles. The predicted molar refractivity (Wildman–Crippen MR) is 104 cm³/mol. The second kappa shape index (κ2) is 9.38. The average Bonchev–Trinajstić information content (AvgIpc) is 3.10. The maximum Gasteiger partial charge on any atom is 0.317 e. The van der Waals surface area contributed by atoms with Gasteiger partial charge in [0, 0.05) is 44.5 Å². The molecule has 2 fully saturated rings. The van der Waals surface area contributed by atoms with Crippen molar-refractivity contribution >= 4 is 11.7 Å². The molecule has 1 unspecified atom stereocenters. The first kappa shape index (κ1) is 19.9. The van der Waals surface area contributed by atoms with E-state index in [9.17, 15) is 13.6 Å². The van der Waals surface area contributed by atoms with Crippen molar-refractivity contribution in [1.29, 1.82) is 0 Å². The van der Waals surface area contributed by atoms with E-state index in [2.05, 4.69) is 10.2 Å². The van der Waals surface area contributed by atoms with Crippen LogP contribution in [-0.2, 0) is 0 Å². The molecule has 3 rings (SSSR count). The third kappa shape index (κ3) is 5.33. The highest BCUT2D eigenvalue weighted by Gasteiger charge is 2.25. The van der Waals surface area contributed by atoms with Crippen molar-refractivity contribution in [3.8, 4) is 0 Å². The van der Waals surface area contributed by atoms with E-state index in [-0.39, 0.29) is 6.03 Å². The molecule has 1 aromatic rings. The van der Waals surface area contributed by atoms with Gasteiger partial charge in [0.25, 0.3) is 0 Å². The number of carbonyl (C=O) groups excluding carboxylic acids is 1. The minimum absolute atomic E-state index is 0.00634. The zero-order valence-electron chi connectivity index (χ0n) is 16.2. The van der Waals surface area contributed by atoms with Crippen LogP contribution in [0.15, 0.2) is 18.2 Å². The number of halogens is 2. The Morgan fingerprint density at radius 1 is 1.11 bits per heavy atom. The summed E-state index contributed by atoms with van der Waals surface area (Å²) in [5.41, 5.74) is 0.703. The molecule has 150 valence electrons. The van der Waals surface area contributed by atoms with Gasteiger partial charge in [0.05, 0.1) is 0 Å². The molecule has 6 heteroatoms. The van der Waals surface area contributed by atoms with Crippen molar-refractivity contribution in [3.05, 3.63) is 29.8 Å². The van der Waals surface area contributed by atoms with Crippen LogP contribution in [0.3, 0.4) is 0 Å². The van der Waals surface area contributed by atoms with E-state index in [4.69, 9.17) is 0 Å². The zero-order chi connectivity index (χ0) is 19.2. The van der Waals surface area contributed by atoms with Crippen LogP contribution in [0.4, 0.5) is 19.3 Å². The Kier molecular flexibility index (Phi) is 6.91. The normalized spacial score (nSPS) is 21.6. The molecule has 2 amide bonds. The monoisotopic (exact) mass is 379 g/mol. The van der Waals surface area contributed by atoms with Crippen molar-refractivity contribution < 1.29 is 13.6 Å². The number of nitrogens with zero attached hydrogens (tertiary/aromatic N) is 2. The summed E-state index contributed by atoms with van der Waals surface area (Å²) < 4.78 is 26.5. The Hall–Kier alpha value is -1.85. The van der Waals surface area contributed by atoms with Crippen molar-refractivity contribution in [2.45, 2.75) is 57.4 Å². The summed E-state index contributed by atoms with van der Waals surface area (Å²) in [4.78, 5) is 16.5. The van der Waals surface area contributed by atoms with Gasteiger partial charge in [-0.25, -0.2) is 13.6 Å². The van der Waals surface area contributed by atoms with Crippen LogP contribution in [0.1, 0.15) is 51.4 Å². The summed E-state index contributed by atoms with van der Waals surface area (Å²) >= 11 is 0. The molecule has 1 heterocycles. The number of hydrogen-bond acceptors (Lipinski definition) is 2. The van der Waals surface area contributed by atoms with Crippen molar-refractivity contribution in [3.63, 3.8) is 0 Å². The average molecular weight is 379 g/mol. The van der Waals surface area contributed by atoms with Crippen LogP contribution in [0.5, 0.6) is 0 Å². The number of benzene rings is 1. The van der Waals surface area contributed by atoms with E-state index in [0.717, 1.165) is 32.4 Å². The first-order chi connectivity index (χ1) is 13.0. The lowest BCUT2D eigenvalue weighted by molar-refractivity contribution is 0.177. The smallest absolute Gasteiger partial charge is 0.317 e. The van der Waals surface area contributed by atoms with Crippen LogP contribution in [0.25, 0.3) is 0 Å². The summed E-state index contributed by atoms with van der Waals surface area (Å²) in [6.07, 6.45) is 9.39. The molecule has 1 N–H and O–H groups in total. The maximum absolute atomic E-state index is 13.4. The van der Waals surface area contributed by atoms with E-state index < -0.39 is 11.6 Å². The topological polar surface area (TPSA) is 35.6 Å². The van der Waals surface area contributed by atoms with E-state index >= 15 is 0 Å². The quantitative estimate of drug-likeness (QED) is 0.833. The molecule has 27 heavy (non-hydrogen) atoms. The minimum Gasteiger partial charge on any atom is -0.371 e. The molecule has 1 aliphatic carbocycles. The molecular formula is C21H31F2N3O. The van der Waals surface area contributed by atoms with Crippen LogP contribution in [-0.4, -0.2) is 43.7 Å². The lowest BCUT2D eigenvalue weighted by atomic mass is 9.96. The summed E-state index contributed by atoms with van der Waals surface area (Å²) in [5.74, 6) is -1.31. The number of urea groups is 1. The predicted octanol–water partition coefficient (Wildman–Crippen LogP) is 4.55. The highest BCUT2D eigenvalue weighted by molar-refractivity contribution is 5.74. The van der Waals surface area contributed by atoms with E-state index in [1.165, 1.54) is 44.2 Å². The number of hydrogen-bond donors (Lipinski definition) is 1. The Morgan fingerprint density at radius 2 is 1.81 bits per heavy atom. The fourth-order valence-electron chi connectivity index (χ4n) is 4.26. The zero-order valence-corrected chi connectivity index (χ0v) is 16.2. The third-order valence-corrected chi connectivity index (χ3v) is 6.04. The molecule has 1 aromatic carbocycles. The third-order valence-electron chi connectivity index (χ3n) is 6.04. The fraction of sp³-hybridized carbons (Fsp3) is 0.667. The van der Waals surface area contributed by atoms with Gasteiger partial charge in [-0.2, -0.15) is 0 Å². The van der Waals surface area contributed by atoms with Crippen molar-refractivity contribution in [1.82, 2.24) is 10.2 Å². The van der Waals surface area contributed by atoms with Gasteiger partial charge >= 0.3 is 6.03 Å². The SMILES string of the molecule is CN(C(=O)NCC1CCN(c2ccc(F)c(F)c2)C1)C1CCCCCCC1. The summed E-state index contributed by atoms with van der Waals surface area (Å²) in [6, 6.07) is 4.38. The molecule has 0 radical (unpaired) electrons. The number of anilines is 1. The molecular weight excluding hydrogens is 348 g/mol. The largest absolute Gasteiger partial charge is 0.371 e. The molecule has 0 spiro atoms. The van der Waals surface area contributed by atoms with Crippen molar-refractivity contribution in [2.75, 3.05) is 31.6 Å². The minimum atomic E-state index is -0.820. The maximum atomic E-state index is 13.4. The summed E-state index contributed by atoms with van der Waals surface area (Å²) in [5, 5.41) is 3.08. The highest BCUT2D eigenvalue weighted by atomic mass is 19.2. The Morgan fingerprint density at radius 3 is 2.52 bits per heavy atom. The first-order valence-corrected chi connectivity index (χ1v) is 10.2. The van der Waals surface area contributed by atoms with Crippen LogP contribution >= 0.6 is 0 Å². The van der Waals surface area contributed by atoms with E-state index in [1.54, 1.807) is 6.07 Å². The summed E-state index contributed by atoms with van der Waals surface area (Å²) in [6.45, 7) is 2.17. The Balaban J connectivity index is 1.45. The molecule has 4 nitrogen and oxygen atoms in total. The second-order valence-corrected chi connectivity index (χ2v) is 8.00. The van der Waals surface area contributed by atoms with Crippen LogP contribution in [0, 0.1) is 17.6 Å². The molecule has 1 saturated heterocycles. The molecule has 1 atom stereocenters. The first-order valence-electron chi connectivity index (χ1n) is 10.2. The molecule has 1 aliphatic heterocycles. The summed E-state index contributed by atoms with van der Waals surface area (Å²) in [7, 11) is 1.91. The van der Waals surface area contributed by atoms with Gasteiger partial charge in [-0.3, -0.25) is 0 Å². The second-order valence-electron chi connectivity index (χ2n) is 8.00. The lowest BCUT2D eigenvalue weighted by Gasteiger charge is -2.30. The number of rotatable bonds is 4. The Labute approximate surface area is 160 Å². The van der Waals surface area contributed by atoms with Gasteiger partial charge in [0.2, 0.25) is 0 Å². The van der Waals surface area contributed by atoms with Gasteiger partial charge in [-0.05, 0) is 37.3 Å². The van der Waals surface area contributed by atoms with Gasteiger partial charge < -0.3 is 15.1 Å². The van der Waals surface area contributed by atoms with E-state index in [1.807, 2.05) is 11.9 Å². The molecule has 0 bridgehead atoms. The molecule has 2 aliphatic rings. The van der Waals surface area contributed by atoms with Gasteiger partial charge in [-0.15, -0.1) is 0 Å². The van der Waals surface area contributed by atoms with Crippen molar-refractivity contribution in [2.24, 2.45) is 5.92 Å². The standard InChI is InChI=1S/C21H31F2N3O/c1-25(17-7-5-3-2-4-6-8-17)21(27)24-14-16-11-12-26(15-16)18-9-10-19(22)20(23)13-18/h9-10,13,16-17H,2-8,11-12,14-15H2,1H3,(H,24,27). The number of nitrogens with one attached hydrogen (secondary N) is 1. The van der Waals surface area contributed by atoms with Crippen LogP contribution in [0.2, 0.25) is 0 Å². The molecule has 1 saturated carbocycles. The highest BCUT2D eigenvalue weighted by Crippen LogP contribution is 2.25. The Bertz CT molecular complexity index is 632. The number of amides is 2. The lowest BCUT2D eigenvalue weighted by Crippen LogP contribution is -2.45. The van der Waals surface area contributed by atoms with Gasteiger partial charge in [-0.1, -0.05) is 32.1 Å². The fourth-order valence-corrected chi connectivity index (χ4v) is 4.26. The van der Waals surface area contributed by atoms with Gasteiger partial charge in [0.1, 0.15) is 0 Å². The van der Waals surface area contributed by atoms with Gasteiger partial charge in [0.15, 0.2) is 11.6 Å². The van der Waals surface area contributed by atoms with E-state index in [0.29, 0.717) is 24.2 Å².